The topological polar surface area (TPSA) is 50.4 Å². The normalized spacial score (nSPS) is 23.9. The lowest BCUT2D eigenvalue weighted by molar-refractivity contribution is 0.194. The number of nitrogens with one attached hydrogen (secondary N) is 2. The fraction of sp³-hybridized carbons (Fsp3) is 0.381. The molecule has 0 aliphatic carbocycles. The van der Waals surface area contributed by atoms with E-state index in [-0.39, 0.29) is 0 Å². The molecular formula is C21H22ClFN2O2. The second kappa shape index (κ2) is 7.87. The van der Waals surface area contributed by atoms with Crippen LogP contribution in [0.3, 0.4) is 0 Å². The molecule has 2 aromatic rings. The first-order valence-corrected chi connectivity index (χ1v) is 9.72. The quantitative estimate of drug-likeness (QED) is 0.793. The summed E-state index contributed by atoms with van der Waals surface area (Å²) in [6.07, 6.45) is 4.10. The molecular weight excluding hydrogens is 367 g/mol. The van der Waals surface area contributed by atoms with Crippen molar-refractivity contribution in [3.8, 4) is 16.9 Å². The number of benzene rings is 2. The van der Waals surface area contributed by atoms with E-state index in [0.29, 0.717) is 46.4 Å². The Bertz CT molecular complexity index is 833. The van der Waals surface area contributed by atoms with Gasteiger partial charge < -0.3 is 15.4 Å². The minimum absolute atomic E-state index is 0.307. The van der Waals surface area contributed by atoms with E-state index in [1.54, 1.807) is 24.3 Å². The summed E-state index contributed by atoms with van der Waals surface area (Å²) in [6.45, 7) is 0.598. The Morgan fingerprint density at radius 2 is 1.96 bits per heavy atom. The van der Waals surface area contributed by atoms with E-state index in [1.807, 2.05) is 0 Å². The number of hydrogen-bond donors (Lipinski definition) is 2. The Morgan fingerprint density at radius 3 is 2.70 bits per heavy atom. The lowest BCUT2D eigenvalue weighted by atomic mass is 9.92. The van der Waals surface area contributed by atoms with E-state index in [2.05, 4.69) is 10.6 Å². The highest BCUT2D eigenvalue weighted by molar-refractivity contribution is 6.30. The zero-order valence-corrected chi connectivity index (χ0v) is 15.6. The van der Waals surface area contributed by atoms with Gasteiger partial charge in [-0.25, -0.2) is 9.18 Å². The third kappa shape index (κ3) is 4.42. The number of amides is 1. The molecule has 142 valence electrons. The van der Waals surface area contributed by atoms with Gasteiger partial charge in [0.2, 0.25) is 0 Å². The molecule has 1 amide bonds. The first kappa shape index (κ1) is 18.3. The third-order valence-corrected chi connectivity index (χ3v) is 5.62. The van der Waals surface area contributed by atoms with Crippen molar-refractivity contribution in [2.24, 2.45) is 5.92 Å². The van der Waals surface area contributed by atoms with E-state index in [1.165, 1.54) is 31.0 Å². The summed E-state index contributed by atoms with van der Waals surface area (Å²) >= 11 is 6.04. The molecule has 2 aliphatic rings. The van der Waals surface area contributed by atoms with Crippen molar-refractivity contribution in [1.82, 2.24) is 10.6 Å². The van der Waals surface area contributed by atoms with Crippen molar-refractivity contribution >= 4 is 17.7 Å². The summed E-state index contributed by atoms with van der Waals surface area (Å²) in [5, 5.41) is 6.99. The van der Waals surface area contributed by atoms with Crippen LogP contribution in [0.15, 0.2) is 42.5 Å². The zero-order chi connectivity index (χ0) is 18.8. The van der Waals surface area contributed by atoms with Crippen molar-refractivity contribution < 1.29 is 13.9 Å². The second-order valence-corrected chi connectivity index (χ2v) is 7.83. The summed E-state index contributed by atoms with van der Waals surface area (Å²) in [7, 11) is 0. The van der Waals surface area contributed by atoms with Crippen LogP contribution in [0, 0.1) is 11.7 Å². The molecule has 4 nitrogen and oxygen atoms in total. The number of hydrogen-bond acceptors (Lipinski definition) is 3. The number of piperidine rings is 1. The van der Waals surface area contributed by atoms with Crippen molar-refractivity contribution in [1.29, 1.82) is 0 Å². The Morgan fingerprint density at radius 1 is 1.19 bits per heavy atom. The fourth-order valence-corrected chi connectivity index (χ4v) is 4.37. The van der Waals surface area contributed by atoms with Gasteiger partial charge in [0.1, 0.15) is 11.6 Å². The Labute approximate surface area is 163 Å². The molecule has 2 aliphatic heterocycles. The van der Waals surface area contributed by atoms with Gasteiger partial charge in [-0.1, -0.05) is 23.7 Å². The Balaban J connectivity index is 1.42. The van der Waals surface area contributed by atoms with E-state index >= 15 is 0 Å². The highest BCUT2D eigenvalue weighted by Crippen LogP contribution is 2.33. The number of carbonyl (C=O) groups is 1. The van der Waals surface area contributed by atoms with Gasteiger partial charge in [-0.15, -0.1) is 0 Å². The molecule has 2 unspecified atom stereocenters. The Kier molecular flexibility index (Phi) is 5.32. The molecule has 4 rings (SSSR count). The van der Waals surface area contributed by atoms with Gasteiger partial charge in [-0.2, -0.15) is 0 Å². The SMILES string of the molecule is O=C(NCC1CC2CCC(C1)N2)Oc1ccc(F)cc1-c1cccc(Cl)c1. The minimum Gasteiger partial charge on any atom is -0.410 e. The molecule has 2 N–H and O–H groups in total. The first-order valence-electron chi connectivity index (χ1n) is 9.34. The maximum atomic E-state index is 13.7. The predicted molar refractivity (Wildman–Crippen MR) is 104 cm³/mol. The van der Waals surface area contributed by atoms with Crippen molar-refractivity contribution in [2.75, 3.05) is 6.54 Å². The summed E-state index contributed by atoms with van der Waals surface area (Å²) < 4.78 is 19.2. The summed E-state index contributed by atoms with van der Waals surface area (Å²) in [6, 6.07) is 12.3. The van der Waals surface area contributed by atoms with Gasteiger partial charge in [0.15, 0.2) is 0 Å². The van der Waals surface area contributed by atoms with Crippen LogP contribution in [0.4, 0.5) is 9.18 Å². The summed E-state index contributed by atoms with van der Waals surface area (Å²) in [4.78, 5) is 12.3. The number of rotatable bonds is 4. The molecule has 27 heavy (non-hydrogen) atoms. The lowest BCUT2D eigenvalue weighted by Gasteiger charge is -2.29. The molecule has 2 fully saturated rings. The van der Waals surface area contributed by atoms with Crippen LogP contribution in [0.2, 0.25) is 5.02 Å². The number of halogens is 2. The maximum absolute atomic E-state index is 13.7. The molecule has 2 heterocycles. The lowest BCUT2D eigenvalue weighted by Crippen LogP contribution is -2.42. The second-order valence-electron chi connectivity index (χ2n) is 7.40. The van der Waals surface area contributed by atoms with Gasteiger partial charge in [-0.3, -0.25) is 0 Å². The van der Waals surface area contributed by atoms with Crippen LogP contribution in [-0.2, 0) is 0 Å². The smallest absolute Gasteiger partial charge is 0.410 e. The number of carbonyl (C=O) groups excluding carboxylic acids is 1. The molecule has 6 heteroatoms. The summed E-state index contributed by atoms with van der Waals surface area (Å²) in [5.41, 5.74) is 1.19. The molecule has 2 bridgehead atoms. The average Bonchev–Trinajstić information content (AvgIpc) is 2.99. The van der Waals surface area contributed by atoms with Crippen molar-refractivity contribution in [3.05, 3.63) is 53.3 Å². The highest BCUT2D eigenvalue weighted by atomic mass is 35.5. The van der Waals surface area contributed by atoms with Crippen molar-refractivity contribution in [3.63, 3.8) is 0 Å². The molecule has 2 aromatic carbocycles. The molecule has 2 atom stereocenters. The average molecular weight is 389 g/mol. The van der Waals surface area contributed by atoms with Crippen LogP contribution in [0.5, 0.6) is 5.75 Å². The fourth-order valence-electron chi connectivity index (χ4n) is 4.18. The predicted octanol–water partition coefficient (Wildman–Crippen LogP) is 4.77. The van der Waals surface area contributed by atoms with E-state index < -0.39 is 11.9 Å². The van der Waals surface area contributed by atoms with E-state index in [4.69, 9.17) is 16.3 Å². The minimum atomic E-state index is -0.518. The third-order valence-electron chi connectivity index (χ3n) is 5.39. The van der Waals surface area contributed by atoms with E-state index in [0.717, 1.165) is 12.8 Å². The number of ether oxygens (including phenoxy) is 1. The summed E-state index contributed by atoms with van der Waals surface area (Å²) in [5.74, 6) is 0.376. The van der Waals surface area contributed by atoms with Crippen LogP contribution in [0.25, 0.3) is 11.1 Å². The van der Waals surface area contributed by atoms with Crippen LogP contribution >= 0.6 is 11.6 Å². The first-order chi connectivity index (χ1) is 13.1. The largest absolute Gasteiger partial charge is 0.412 e. The molecule has 2 saturated heterocycles. The monoisotopic (exact) mass is 388 g/mol. The van der Waals surface area contributed by atoms with Gasteiger partial charge >= 0.3 is 6.09 Å². The van der Waals surface area contributed by atoms with Gasteiger partial charge in [0, 0.05) is 29.2 Å². The van der Waals surface area contributed by atoms with Crippen LogP contribution in [0.1, 0.15) is 25.7 Å². The van der Waals surface area contributed by atoms with E-state index in [9.17, 15) is 9.18 Å². The zero-order valence-electron chi connectivity index (χ0n) is 14.9. The Hall–Kier alpha value is -2.11. The van der Waals surface area contributed by atoms with Crippen LogP contribution < -0.4 is 15.4 Å². The molecule has 0 spiro atoms. The van der Waals surface area contributed by atoms with Gasteiger partial charge in [-0.05, 0) is 67.5 Å². The van der Waals surface area contributed by atoms with Crippen LogP contribution in [-0.4, -0.2) is 24.7 Å². The maximum Gasteiger partial charge on any atom is 0.412 e. The van der Waals surface area contributed by atoms with Gasteiger partial charge in [0.25, 0.3) is 0 Å². The van der Waals surface area contributed by atoms with Crippen molar-refractivity contribution in [2.45, 2.75) is 37.8 Å². The molecule has 0 aromatic heterocycles. The molecule has 0 radical (unpaired) electrons. The highest BCUT2D eigenvalue weighted by Gasteiger charge is 2.33. The standard InChI is InChI=1S/C21H22ClFN2O2/c22-15-3-1-2-14(10-15)19-11-16(23)4-7-20(19)27-21(26)24-12-13-8-17-5-6-18(9-13)25-17/h1-4,7,10-11,13,17-18,25H,5-6,8-9,12H2,(H,24,26). The molecule has 0 saturated carbocycles. The van der Waals surface area contributed by atoms with Gasteiger partial charge in [0.05, 0.1) is 0 Å². The number of fused-ring (bicyclic) bond motifs is 2.